The number of hydrogen-bond donors (Lipinski definition) is 3. The number of nitrogen functional groups attached to an aromatic ring is 1. The van der Waals surface area contributed by atoms with Gasteiger partial charge in [0.1, 0.15) is 12.1 Å². The highest BCUT2D eigenvalue weighted by Gasteiger charge is 2.46. The van der Waals surface area contributed by atoms with Gasteiger partial charge in [-0.3, -0.25) is 9.78 Å². The number of nitrogens with one attached hydrogen (secondary N) is 1. The molecule has 11 nitrogen and oxygen atoms in total. The molecule has 0 aromatic carbocycles. The van der Waals surface area contributed by atoms with Gasteiger partial charge in [-0.2, -0.15) is 9.61 Å². The van der Waals surface area contributed by atoms with E-state index >= 15 is 0 Å². The van der Waals surface area contributed by atoms with Crippen molar-refractivity contribution in [3.63, 3.8) is 0 Å². The molecule has 4 N–H and O–H groups in total. The number of rotatable bonds is 4. The fourth-order valence-corrected chi connectivity index (χ4v) is 7.31. The molecule has 4 aromatic rings. The standard InChI is InChI=1S/C28H31N9O2/c29-25-22(14-4-5-14)24(16-9-18-6-7-19(10-16)36(18)28(39)26-31-13-32-35-26)34-27-20(12-33-37(25)27)17-8-15-2-1-3-21(38)23(15)30-11-17/h8,11-14,16,18-19,21,38H,1-7,9-10,29H2,(H,31,32,35)/t16?,18-,19?,21?/m1/s1. The third-order valence-corrected chi connectivity index (χ3v) is 9.26. The highest BCUT2D eigenvalue weighted by Crippen LogP contribution is 2.50. The van der Waals surface area contributed by atoms with Crippen LogP contribution in [0.15, 0.2) is 24.8 Å². The number of aliphatic hydroxyl groups excluding tert-OH is 1. The summed E-state index contributed by atoms with van der Waals surface area (Å²) in [6, 6.07) is 2.43. The maximum Gasteiger partial charge on any atom is 0.292 e. The lowest BCUT2D eigenvalue weighted by molar-refractivity contribution is 0.0557. The van der Waals surface area contributed by atoms with Crippen molar-refractivity contribution in [3.8, 4) is 11.1 Å². The van der Waals surface area contributed by atoms with Crippen LogP contribution in [0.4, 0.5) is 5.82 Å². The van der Waals surface area contributed by atoms with E-state index in [1.54, 1.807) is 4.52 Å². The van der Waals surface area contributed by atoms with Gasteiger partial charge in [-0.15, -0.1) is 10.2 Å². The number of amides is 1. The summed E-state index contributed by atoms with van der Waals surface area (Å²) < 4.78 is 1.79. The first-order valence-corrected chi connectivity index (χ1v) is 14.1. The lowest BCUT2D eigenvalue weighted by Crippen LogP contribution is -2.46. The van der Waals surface area contributed by atoms with Crippen LogP contribution in [-0.2, 0) is 6.42 Å². The molecule has 8 rings (SSSR count). The molecule has 2 aliphatic heterocycles. The number of carbonyl (C=O) groups excluding carboxylic acids is 1. The summed E-state index contributed by atoms with van der Waals surface area (Å²) >= 11 is 0. The van der Waals surface area contributed by atoms with E-state index < -0.39 is 6.10 Å². The average Bonchev–Trinajstić information content (AvgIpc) is 3.33. The number of carbonyl (C=O) groups is 1. The molecular formula is C28H31N9O2. The Labute approximate surface area is 224 Å². The van der Waals surface area contributed by atoms with E-state index in [0.29, 0.717) is 17.6 Å². The largest absolute Gasteiger partial charge is 0.387 e. The molecule has 4 atom stereocenters. The number of aryl methyl sites for hydroxylation is 1. The van der Waals surface area contributed by atoms with Crippen LogP contribution in [0.25, 0.3) is 16.8 Å². The van der Waals surface area contributed by atoms with Gasteiger partial charge in [-0.05, 0) is 75.3 Å². The lowest BCUT2D eigenvalue weighted by Gasteiger charge is -2.39. The third-order valence-electron chi connectivity index (χ3n) is 9.26. The summed E-state index contributed by atoms with van der Waals surface area (Å²) in [4.78, 5) is 28.0. The smallest absolute Gasteiger partial charge is 0.292 e. The van der Waals surface area contributed by atoms with E-state index in [9.17, 15) is 9.90 Å². The Morgan fingerprint density at radius 2 is 1.87 bits per heavy atom. The van der Waals surface area contributed by atoms with E-state index in [2.05, 4.69) is 31.3 Å². The molecular weight excluding hydrogens is 494 g/mol. The molecule has 200 valence electrons. The van der Waals surface area contributed by atoms with Gasteiger partial charge in [0.05, 0.1) is 23.7 Å². The number of nitrogens with two attached hydrogens (primary N) is 1. The van der Waals surface area contributed by atoms with Crippen LogP contribution in [0.1, 0.15) is 102 Å². The SMILES string of the molecule is Nc1c(C2CC2)c(C2CC3CC[C@H](C2)N3C(=O)c2nnc[nH]2)nc2c(-c3cnc4c(c3)CCCC4O)cnn12. The predicted molar refractivity (Wildman–Crippen MR) is 142 cm³/mol. The van der Waals surface area contributed by atoms with Crippen LogP contribution in [0, 0.1) is 0 Å². The van der Waals surface area contributed by atoms with Gasteiger partial charge in [0.15, 0.2) is 5.65 Å². The van der Waals surface area contributed by atoms with Gasteiger partial charge in [-0.1, -0.05) is 0 Å². The van der Waals surface area contributed by atoms with Crippen LogP contribution in [0.5, 0.6) is 0 Å². The number of aromatic nitrogens is 7. The molecule has 39 heavy (non-hydrogen) atoms. The van der Waals surface area contributed by atoms with Gasteiger partial charge in [0, 0.05) is 40.9 Å². The maximum absolute atomic E-state index is 13.2. The Morgan fingerprint density at radius 3 is 2.62 bits per heavy atom. The van der Waals surface area contributed by atoms with Gasteiger partial charge >= 0.3 is 0 Å². The number of hydrogen-bond acceptors (Lipinski definition) is 8. The molecule has 2 bridgehead atoms. The van der Waals surface area contributed by atoms with E-state index in [-0.39, 0.29) is 23.9 Å². The van der Waals surface area contributed by atoms with Crippen molar-refractivity contribution < 1.29 is 9.90 Å². The van der Waals surface area contributed by atoms with Crippen LogP contribution >= 0.6 is 0 Å². The molecule has 2 saturated heterocycles. The van der Waals surface area contributed by atoms with Crippen LogP contribution in [-0.4, -0.2) is 62.8 Å². The van der Waals surface area contributed by atoms with Crippen molar-refractivity contribution in [1.82, 2.24) is 39.7 Å². The van der Waals surface area contributed by atoms with Gasteiger partial charge in [0.2, 0.25) is 5.82 Å². The van der Waals surface area contributed by atoms with E-state index in [4.69, 9.17) is 10.7 Å². The van der Waals surface area contributed by atoms with E-state index in [1.807, 2.05) is 17.3 Å². The van der Waals surface area contributed by atoms with Gasteiger partial charge in [-0.25, -0.2) is 4.98 Å². The summed E-state index contributed by atoms with van der Waals surface area (Å²) in [5.74, 6) is 1.57. The van der Waals surface area contributed by atoms with Crippen LogP contribution in [0.2, 0.25) is 0 Å². The molecule has 11 heteroatoms. The minimum atomic E-state index is -0.495. The van der Waals surface area contributed by atoms with Gasteiger partial charge < -0.3 is 20.7 Å². The molecule has 4 aromatic heterocycles. The number of pyridine rings is 1. The minimum absolute atomic E-state index is 0.0631. The number of piperidine rings is 1. The Hall–Kier alpha value is -3.86. The van der Waals surface area contributed by atoms with Crippen molar-refractivity contribution in [1.29, 1.82) is 0 Å². The zero-order valence-electron chi connectivity index (χ0n) is 21.6. The second kappa shape index (κ2) is 8.57. The fraction of sp³-hybridized carbons (Fsp3) is 0.500. The Kier molecular flexibility index (Phi) is 5.07. The normalized spacial score (nSPS) is 26.2. The maximum atomic E-state index is 13.2. The van der Waals surface area contributed by atoms with Crippen molar-refractivity contribution in [3.05, 3.63) is 53.1 Å². The summed E-state index contributed by atoms with van der Waals surface area (Å²) in [7, 11) is 0. The molecule has 2 aliphatic carbocycles. The first-order chi connectivity index (χ1) is 19.1. The Morgan fingerprint density at radius 1 is 1.05 bits per heavy atom. The number of nitrogens with zero attached hydrogens (tertiary/aromatic N) is 7. The summed E-state index contributed by atoms with van der Waals surface area (Å²) in [5.41, 5.74) is 13.5. The average molecular weight is 526 g/mol. The van der Waals surface area contributed by atoms with Crippen molar-refractivity contribution in [2.75, 3.05) is 5.73 Å². The van der Waals surface area contributed by atoms with Crippen molar-refractivity contribution in [2.24, 2.45) is 0 Å². The molecule has 1 amide bonds. The first-order valence-electron chi connectivity index (χ1n) is 14.1. The number of H-pyrrole nitrogens is 1. The van der Waals surface area contributed by atoms with Gasteiger partial charge in [0.25, 0.3) is 5.91 Å². The van der Waals surface area contributed by atoms with E-state index in [0.717, 1.165) is 97.1 Å². The van der Waals surface area contributed by atoms with Crippen LogP contribution < -0.4 is 5.73 Å². The fourth-order valence-electron chi connectivity index (χ4n) is 7.31. The quantitative estimate of drug-likeness (QED) is 0.367. The first kappa shape index (κ1) is 23.1. The predicted octanol–water partition coefficient (Wildman–Crippen LogP) is 3.29. The van der Waals surface area contributed by atoms with E-state index in [1.165, 1.54) is 6.33 Å². The Bertz CT molecular complexity index is 1580. The van der Waals surface area contributed by atoms with Crippen molar-refractivity contribution >= 4 is 17.4 Å². The molecule has 3 fully saturated rings. The second-order valence-electron chi connectivity index (χ2n) is 11.6. The summed E-state index contributed by atoms with van der Waals surface area (Å²) in [5, 5.41) is 22.8. The number of aromatic amines is 1. The monoisotopic (exact) mass is 525 g/mol. The second-order valence-corrected chi connectivity index (χ2v) is 11.6. The molecule has 0 spiro atoms. The highest BCUT2D eigenvalue weighted by molar-refractivity contribution is 5.91. The molecule has 0 radical (unpaired) electrons. The number of fused-ring (bicyclic) bond motifs is 4. The van der Waals surface area contributed by atoms with Crippen molar-refractivity contribution in [2.45, 2.75) is 87.8 Å². The molecule has 3 unspecified atom stereocenters. The minimum Gasteiger partial charge on any atom is -0.387 e. The summed E-state index contributed by atoms with van der Waals surface area (Å²) in [6.07, 6.45) is 13.2. The topological polar surface area (TPSA) is 151 Å². The highest BCUT2D eigenvalue weighted by atomic mass is 16.3. The molecule has 1 saturated carbocycles. The number of anilines is 1. The zero-order valence-corrected chi connectivity index (χ0v) is 21.6. The summed E-state index contributed by atoms with van der Waals surface area (Å²) in [6.45, 7) is 0. The third kappa shape index (κ3) is 3.59. The number of aliphatic hydroxyl groups is 1. The Balaban J connectivity index is 1.19. The molecule has 6 heterocycles. The molecule has 4 aliphatic rings. The zero-order chi connectivity index (χ0) is 26.2. The lowest BCUT2D eigenvalue weighted by atomic mass is 9.85. The van der Waals surface area contributed by atoms with Crippen LogP contribution in [0.3, 0.4) is 0 Å².